The molecular weight excluding hydrogens is 441 g/mol. The molecule has 156 valence electrons. The molecule has 0 saturated carbocycles. The summed E-state index contributed by atoms with van der Waals surface area (Å²) in [4.78, 5) is 31.3. The average molecular weight is 462 g/mol. The molecule has 2 aliphatic rings. The Labute approximate surface area is 190 Å². The smallest absolute Gasteiger partial charge is 0.294 e. The van der Waals surface area contributed by atoms with Gasteiger partial charge in [-0.05, 0) is 54.1 Å². The lowest BCUT2D eigenvalue weighted by Crippen LogP contribution is -2.50. The highest BCUT2D eigenvalue weighted by molar-refractivity contribution is 8.18. The maximum Gasteiger partial charge on any atom is 0.294 e. The number of amides is 2. The fourth-order valence-electron chi connectivity index (χ4n) is 3.48. The monoisotopic (exact) mass is 461 g/mol. The molecule has 2 amide bonds. The number of piperazine rings is 1. The molecule has 4 rings (SSSR count). The number of imide groups is 1. The topological polar surface area (TPSA) is 43.9 Å². The molecule has 2 saturated heterocycles. The van der Waals surface area contributed by atoms with E-state index in [-0.39, 0.29) is 11.1 Å². The van der Waals surface area contributed by atoms with Crippen LogP contribution in [0.15, 0.2) is 47.4 Å². The van der Waals surface area contributed by atoms with Crippen LogP contribution in [0.25, 0.3) is 6.08 Å². The zero-order valence-corrected chi connectivity index (χ0v) is 18.8. The van der Waals surface area contributed by atoms with E-state index in [2.05, 4.69) is 15.9 Å². The predicted molar refractivity (Wildman–Crippen MR) is 124 cm³/mol. The zero-order valence-electron chi connectivity index (χ0n) is 16.5. The fourth-order valence-corrected chi connectivity index (χ4v) is 4.67. The van der Waals surface area contributed by atoms with Crippen molar-refractivity contribution in [3.63, 3.8) is 0 Å². The maximum absolute atomic E-state index is 12.8. The molecule has 0 unspecified atom stereocenters. The van der Waals surface area contributed by atoms with E-state index < -0.39 is 0 Å². The van der Waals surface area contributed by atoms with Crippen LogP contribution in [0.1, 0.15) is 11.1 Å². The van der Waals surface area contributed by atoms with Crippen molar-refractivity contribution in [2.24, 2.45) is 0 Å². The van der Waals surface area contributed by atoms with Gasteiger partial charge in [-0.1, -0.05) is 47.5 Å². The van der Waals surface area contributed by atoms with E-state index in [1.54, 1.807) is 12.1 Å². The highest BCUT2D eigenvalue weighted by Gasteiger charge is 2.36. The van der Waals surface area contributed by atoms with Gasteiger partial charge in [0.1, 0.15) is 0 Å². The maximum atomic E-state index is 12.8. The lowest BCUT2D eigenvalue weighted by molar-refractivity contribution is -0.124. The molecule has 2 aliphatic heterocycles. The number of halogens is 2. The van der Waals surface area contributed by atoms with Crippen LogP contribution in [0, 0.1) is 6.92 Å². The molecule has 5 nitrogen and oxygen atoms in total. The number of anilines is 1. The van der Waals surface area contributed by atoms with Crippen LogP contribution < -0.4 is 4.90 Å². The Morgan fingerprint density at radius 1 is 1.00 bits per heavy atom. The summed E-state index contributed by atoms with van der Waals surface area (Å²) in [5.74, 6) is -0.266. The molecule has 2 aromatic carbocycles. The van der Waals surface area contributed by atoms with E-state index in [1.807, 2.05) is 37.3 Å². The summed E-state index contributed by atoms with van der Waals surface area (Å²) in [5.41, 5.74) is 2.89. The van der Waals surface area contributed by atoms with Crippen LogP contribution in [0.3, 0.4) is 0 Å². The minimum atomic E-state index is -0.266. The Bertz CT molecular complexity index is 1020. The van der Waals surface area contributed by atoms with Crippen LogP contribution >= 0.6 is 35.0 Å². The van der Waals surface area contributed by atoms with Gasteiger partial charge in [-0.15, -0.1) is 0 Å². The standard InChI is InChI=1S/C22H21Cl2N3O2S/c1-15-6-7-17(13-19(15)24)26-10-8-25(9-11-26)14-27-21(28)20(30-22(27)29)12-16-4-2-3-5-18(16)23/h2-7,12-13H,8-11,14H2,1H3. The summed E-state index contributed by atoms with van der Waals surface area (Å²) < 4.78 is 0. The number of hydrogen-bond donors (Lipinski definition) is 0. The molecule has 0 spiro atoms. The summed E-state index contributed by atoms with van der Waals surface area (Å²) in [6.45, 7) is 5.43. The van der Waals surface area contributed by atoms with Gasteiger partial charge in [-0.2, -0.15) is 0 Å². The van der Waals surface area contributed by atoms with Gasteiger partial charge in [0.05, 0.1) is 11.6 Å². The van der Waals surface area contributed by atoms with Crippen molar-refractivity contribution in [2.75, 3.05) is 37.7 Å². The van der Waals surface area contributed by atoms with Crippen LogP contribution in [-0.4, -0.2) is 53.8 Å². The number of benzene rings is 2. The number of thioether (sulfide) groups is 1. The van der Waals surface area contributed by atoms with Gasteiger partial charge in [0.2, 0.25) is 0 Å². The van der Waals surface area contributed by atoms with E-state index in [9.17, 15) is 9.59 Å². The van der Waals surface area contributed by atoms with Gasteiger partial charge in [0.15, 0.2) is 0 Å². The molecule has 2 heterocycles. The van der Waals surface area contributed by atoms with Crippen LogP contribution in [0.4, 0.5) is 10.5 Å². The fraction of sp³-hybridized carbons (Fsp3) is 0.273. The number of nitrogens with zero attached hydrogens (tertiary/aromatic N) is 3. The average Bonchev–Trinajstić information content (AvgIpc) is 3.00. The SMILES string of the molecule is Cc1ccc(N2CCN(CN3C(=O)SC(=Cc4ccccc4Cl)C3=O)CC2)cc1Cl. The normalized spacial score (nSPS) is 19.2. The summed E-state index contributed by atoms with van der Waals surface area (Å²) in [7, 11) is 0. The Hall–Kier alpha value is -1.99. The van der Waals surface area contributed by atoms with Gasteiger partial charge in [0, 0.05) is 41.9 Å². The Morgan fingerprint density at radius 3 is 2.43 bits per heavy atom. The van der Waals surface area contributed by atoms with E-state index in [0.717, 1.165) is 59.8 Å². The number of hydrogen-bond acceptors (Lipinski definition) is 5. The number of carbonyl (C=O) groups excluding carboxylic acids is 2. The van der Waals surface area contributed by atoms with Crippen molar-refractivity contribution in [1.82, 2.24) is 9.80 Å². The largest absolute Gasteiger partial charge is 0.369 e. The highest BCUT2D eigenvalue weighted by atomic mass is 35.5. The predicted octanol–water partition coefficient (Wildman–Crippen LogP) is 5.12. The highest BCUT2D eigenvalue weighted by Crippen LogP contribution is 2.33. The lowest BCUT2D eigenvalue weighted by Gasteiger charge is -2.37. The minimum absolute atomic E-state index is 0.244. The quantitative estimate of drug-likeness (QED) is 0.591. The summed E-state index contributed by atoms with van der Waals surface area (Å²) in [6, 6.07) is 13.4. The van der Waals surface area contributed by atoms with E-state index in [4.69, 9.17) is 23.2 Å². The Balaban J connectivity index is 1.38. The van der Waals surface area contributed by atoms with Crippen molar-refractivity contribution in [3.8, 4) is 0 Å². The molecule has 0 atom stereocenters. The van der Waals surface area contributed by atoms with Gasteiger partial charge in [-0.25, -0.2) is 0 Å². The van der Waals surface area contributed by atoms with Gasteiger partial charge >= 0.3 is 0 Å². The third-order valence-corrected chi connectivity index (χ3v) is 6.96. The molecule has 8 heteroatoms. The summed E-state index contributed by atoms with van der Waals surface area (Å²) >= 11 is 13.4. The minimum Gasteiger partial charge on any atom is -0.369 e. The second kappa shape index (κ2) is 9.02. The summed E-state index contributed by atoms with van der Waals surface area (Å²) in [6.07, 6.45) is 1.69. The molecule has 0 aliphatic carbocycles. The first-order valence-electron chi connectivity index (χ1n) is 9.66. The van der Waals surface area contributed by atoms with Crippen molar-refractivity contribution in [1.29, 1.82) is 0 Å². The Morgan fingerprint density at radius 2 is 1.73 bits per heavy atom. The molecule has 30 heavy (non-hydrogen) atoms. The van der Waals surface area contributed by atoms with E-state index >= 15 is 0 Å². The molecule has 0 aromatic heterocycles. The first-order valence-corrected chi connectivity index (χ1v) is 11.2. The third kappa shape index (κ3) is 4.52. The Kier molecular flexibility index (Phi) is 6.39. The van der Waals surface area contributed by atoms with Crippen LogP contribution in [0.5, 0.6) is 0 Å². The van der Waals surface area contributed by atoms with Crippen molar-refractivity contribution < 1.29 is 9.59 Å². The molecule has 0 bridgehead atoms. The van der Waals surface area contributed by atoms with Gasteiger partial charge in [0.25, 0.3) is 11.1 Å². The van der Waals surface area contributed by atoms with Crippen molar-refractivity contribution in [3.05, 3.63) is 68.5 Å². The number of carbonyl (C=O) groups is 2. The molecule has 0 radical (unpaired) electrons. The number of aryl methyl sites for hydroxylation is 1. The first kappa shape index (κ1) is 21.2. The van der Waals surface area contributed by atoms with Crippen LogP contribution in [-0.2, 0) is 4.79 Å². The molecule has 2 fully saturated rings. The van der Waals surface area contributed by atoms with E-state index in [1.165, 1.54) is 4.90 Å². The second-order valence-electron chi connectivity index (χ2n) is 7.31. The van der Waals surface area contributed by atoms with Crippen molar-refractivity contribution >= 4 is 57.9 Å². The lowest BCUT2D eigenvalue weighted by atomic mass is 10.2. The first-order chi connectivity index (χ1) is 14.4. The molecular formula is C22H21Cl2N3O2S. The van der Waals surface area contributed by atoms with Gasteiger partial charge < -0.3 is 4.90 Å². The second-order valence-corrected chi connectivity index (χ2v) is 9.12. The third-order valence-electron chi connectivity index (χ3n) is 5.30. The van der Waals surface area contributed by atoms with Crippen molar-refractivity contribution in [2.45, 2.75) is 6.92 Å². The number of rotatable bonds is 4. The van der Waals surface area contributed by atoms with Gasteiger partial charge in [-0.3, -0.25) is 19.4 Å². The summed E-state index contributed by atoms with van der Waals surface area (Å²) in [5, 5.41) is 1.07. The van der Waals surface area contributed by atoms with E-state index in [0.29, 0.717) is 16.6 Å². The molecule has 0 N–H and O–H groups in total. The zero-order chi connectivity index (χ0) is 21.3. The molecule has 2 aromatic rings. The van der Waals surface area contributed by atoms with Crippen LogP contribution in [0.2, 0.25) is 10.0 Å².